The molecule has 0 aliphatic heterocycles. The second-order valence-electron chi connectivity index (χ2n) is 6.99. The number of nitrogens with zero attached hydrogens (tertiary/aromatic N) is 2. The average molecular weight is 457 g/mol. The number of amides is 1. The van der Waals surface area contributed by atoms with Crippen molar-refractivity contribution in [2.45, 2.75) is 4.90 Å². The molecule has 0 aliphatic rings. The molecule has 8 heteroatoms. The highest BCUT2D eigenvalue weighted by molar-refractivity contribution is 7.92. The van der Waals surface area contributed by atoms with Crippen molar-refractivity contribution in [3.8, 4) is 0 Å². The number of anilines is 2. The Bertz CT molecular complexity index is 1360. The maximum atomic E-state index is 13.1. The molecule has 3 aromatic carbocycles. The van der Waals surface area contributed by atoms with Crippen molar-refractivity contribution in [3.63, 3.8) is 0 Å². The largest absolute Gasteiger partial charge is 0.322 e. The lowest BCUT2D eigenvalue weighted by molar-refractivity contribution is -0.111. The summed E-state index contributed by atoms with van der Waals surface area (Å²) in [4.78, 5) is 20.9. The van der Waals surface area contributed by atoms with Gasteiger partial charge in [-0.05, 0) is 47.5 Å². The molecular formula is C25H20N4O3S. The first kappa shape index (κ1) is 21.9. The smallest absolute Gasteiger partial charge is 0.264 e. The summed E-state index contributed by atoms with van der Waals surface area (Å²) < 4.78 is 27.4. The summed E-state index contributed by atoms with van der Waals surface area (Å²) in [5, 5.41) is 2.84. The molecule has 0 atom stereocenters. The molecule has 2 N–H and O–H groups in total. The Balaban J connectivity index is 1.55. The maximum Gasteiger partial charge on any atom is 0.264 e. The summed E-state index contributed by atoms with van der Waals surface area (Å²) in [6.07, 6.45) is 4.70. The van der Waals surface area contributed by atoms with Crippen molar-refractivity contribution in [1.29, 1.82) is 0 Å². The predicted octanol–water partition coefficient (Wildman–Crippen LogP) is 4.46. The van der Waals surface area contributed by atoms with Gasteiger partial charge >= 0.3 is 0 Å². The second kappa shape index (κ2) is 9.88. The van der Waals surface area contributed by atoms with Crippen LogP contribution >= 0.6 is 0 Å². The van der Waals surface area contributed by atoms with Crippen molar-refractivity contribution in [1.82, 2.24) is 9.97 Å². The lowest BCUT2D eigenvalue weighted by atomic mass is 10.0. The number of benzene rings is 3. The van der Waals surface area contributed by atoms with E-state index in [1.165, 1.54) is 36.7 Å². The quantitative estimate of drug-likeness (QED) is 0.316. The van der Waals surface area contributed by atoms with Gasteiger partial charge in [-0.15, -0.1) is 0 Å². The molecule has 164 valence electrons. The molecule has 0 fully saturated rings. The monoisotopic (exact) mass is 456 g/mol. The molecule has 0 radical (unpaired) electrons. The number of aromatic nitrogens is 2. The number of carbonyl (C=O) groups is 1. The van der Waals surface area contributed by atoms with Gasteiger partial charge in [-0.1, -0.05) is 60.7 Å². The number of hydrogen-bond donors (Lipinski definition) is 2. The molecule has 0 bridgehead atoms. The molecule has 0 spiro atoms. The molecule has 0 aliphatic carbocycles. The molecule has 1 aromatic heterocycles. The fraction of sp³-hybridized carbons (Fsp3) is 0. The topological polar surface area (TPSA) is 101 Å². The minimum Gasteiger partial charge on any atom is -0.322 e. The minimum atomic E-state index is -3.86. The van der Waals surface area contributed by atoms with Crippen LogP contribution < -0.4 is 10.0 Å². The normalized spacial score (nSPS) is 11.6. The van der Waals surface area contributed by atoms with Crippen molar-refractivity contribution >= 4 is 39.2 Å². The SMILES string of the molecule is O=C(Nc1ccc(S(=O)(=O)Nc2ncccn2)cc1)/C(=C\c1ccccc1)c1ccccc1. The highest BCUT2D eigenvalue weighted by Gasteiger charge is 2.17. The summed E-state index contributed by atoms with van der Waals surface area (Å²) in [6.45, 7) is 0. The summed E-state index contributed by atoms with van der Waals surface area (Å²) in [5.41, 5.74) is 2.61. The van der Waals surface area contributed by atoms with Gasteiger partial charge < -0.3 is 5.32 Å². The fourth-order valence-electron chi connectivity index (χ4n) is 3.06. The van der Waals surface area contributed by atoms with Gasteiger partial charge in [-0.3, -0.25) is 4.79 Å². The van der Waals surface area contributed by atoms with Crippen LogP contribution in [0.5, 0.6) is 0 Å². The fourth-order valence-corrected chi connectivity index (χ4v) is 4.02. The van der Waals surface area contributed by atoms with Crippen LogP contribution in [0.4, 0.5) is 11.6 Å². The zero-order valence-electron chi connectivity index (χ0n) is 17.4. The Kier molecular flexibility index (Phi) is 6.56. The van der Waals surface area contributed by atoms with E-state index in [1.807, 2.05) is 66.7 Å². The highest BCUT2D eigenvalue weighted by Crippen LogP contribution is 2.22. The standard InChI is InChI=1S/C25H20N4O3S/c30-24(23(20-10-5-2-6-11-20)18-19-8-3-1-4-9-19)28-21-12-14-22(15-13-21)33(31,32)29-25-26-16-7-17-27-25/h1-18H,(H,28,30)(H,26,27,29)/b23-18-. The van der Waals surface area contributed by atoms with Gasteiger partial charge in [0.1, 0.15) is 0 Å². The van der Waals surface area contributed by atoms with Gasteiger partial charge in [-0.2, -0.15) is 0 Å². The third-order valence-electron chi connectivity index (χ3n) is 4.65. The molecule has 1 heterocycles. The Hall–Kier alpha value is -4.30. The van der Waals surface area contributed by atoms with Crippen molar-refractivity contribution in [2.75, 3.05) is 10.0 Å². The molecule has 7 nitrogen and oxygen atoms in total. The number of nitrogens with one attached hydrogen (secondary N) is 2. The number of rotatable bonds is 7. The van der Waals surface area contributed by atoms with Crippen LogP contribution in [0.15, 0.2) is 108 Å². The Morgan fingerprint density at radius 2 is 1.36 bits per heavy atom. The van der Waals surface area contributed by atoms with Crippen LogP contribution in [0, 0.1) is 0 Å². The van der Waals surface area contributed by atoms with Gasteiger partial charge in [0.15, 0.2) is 0 Å². The maximum absolute atomic E-state index is 13.1. The predicted molar refractivity (Wildman–Crippen MR) is 129 cm³/mol. The zero-order valence-corrected chi connectivity index (χ0v) is 18.2. The molecule has 0 saturated heterocycles. The molecule has 4 rings (SSSR count). The van der Waals surface area contributed by atoms with Crippen LogP contribution in [0.3, 0.4) is 0 Å². The van der Waals surface area contributed by atoms with E-state index in [0.717, 1.165) is 11.1 Å². The Morgan fingerprint density at radius 1 is 0.758 bits per heavy atom. The third kappa shape index (κ3) is 5.69. The van der Waals surface area contributed by atoms with Gasteiger partial charge in [-0.25, -0.2) is 23.1 Å². The number of sulfonamides is 1. The first-order valence-corrected chi connectivity index (χ1v) is 11.5. The van der Waals surface area contributed by atoms with Crippen LogP contribution in [-0.4, -0.2) is 24.3 Å². The van der Waals surface area contributed by atoms with E-state index in [4.69, 9.17) is 0 Å². The van der Waals surface area contributed by atoms with Crippen LogP contribution in [0.1, 0.15) is 11.1 Å². The molecule has 33 heavy (non-hydrogen) atoms. The van der Waals surface area contributed by atoms with Crippen LogP contribution in [0.2, 0.25) is 0 Å². The summed E-state index contributed by atoms with van der Waals surface area (Å²) in [6, 6.07) is 26.4. The Labute approximate surface area is 191 Å². The van der Waals surface area contributed by atoms with E-state index in [1.54, 1.807) is 6.07 Å². The van der Waals surface area contributed by atoms with E-state index < -0.39 is 10.0 Å². The third-order valence-corrected chi connectivity index (χ3v) is 6.00. The molecule has 0 saturated carbocycles. The summed E-state index contributed by atoms with van der Waals surface area (Å²) >= 11 is 0. The molecule has 4 aromatic rings. The Morgan fingerprint density at radius 3 is 2.00 bits per heavy atom. The molecule has 1 amide bonds. The van der Waals surface area contributed by atoms with Crippen LogP contribution in [0.25, 0.3) is 11.6 Å². The average Bonchev–Trinajstić information content (AvgIpc) is 2.84. The van der Waals surface area contributed by atoms with E-state index >= 15 is 0 Å². The lowest BCUT2D eigenvalue weighted by Crippen LogP contribution is -2.16. The van der Waals surface area contributed by atoms with Gasteiger partial charge in [0, 0.05) is 23.7 Å². The van der Waals surface area contributed by atoms with E-state index in [2.05, 4.69) is 20.0 Å². The first-order valence-electron chi connectivity index (χ1n) is 10.0. The van der Waals surface area contributed by atoms with Gasteiger partial charge in [0.05, 0.1) is 4.90 Å². The summed E-state index contributed by atoms with van der Waals surface area (Å²) in [7, 11) is -3.86. The number of hydrogen-bond acceptors (Lipinski definition) is 5. The molecular weight excluding hydrogens is 436 g/mol. The van der Waals surface area contributed by atoms with Crippen molar-refractivity contribution < 1.29 is 13.2 Å². The summed E-state index contributed by atoms with van der Waals surface area (Å²) in [5.74, 6) is -0.329. The van der Waals surface area contributed by atoms with Crippen molar-refractivity contribution in [2.24, 2.45) is 0 Å². The number of carbonyl (C=O) groups excluding carboxylic acids is 1. The first-order chi connectivity index (χ1) is 16.0. The van der Waals surface area contributed by atoms with Crippen molar-refractivity contribution in [3.05, 3.63) is 115 Å². The lowest BCUT2D eigenvalue weighted by Gasteiger charge is -2.11. The second-order valence-corrected chi connectivity index (χ2v) is 8.67. The van der Waals surface area contributed by atoms with E-state index in [-0.39, 0.29) is 16.8 Å². The van der Waals surface area contributed by atoms with E-state index in [0.29, 0.717) is 11.3 Å². The molecule has 0 unspecified atom stereocenters. The minimum absolute atomic E-state index is 0.0200. The zero-order chi connectivity index (χ0) is 23.1. The highest BCUT2D eigenvalue weighted by atomic mass is 32.2. The van der Waals surface area contributed by atoms with E-state index in [9.17, 15) is 13.2 Å². The van der Waals surface area contributed by atoms with Crippen LogP contribution in [-0.2, 0) is 14.8 Å². The van der Waals surface area contributed by atoms with Gasteiger partial charge in [0.2, 0.25) is 5.95 Å². The van der Waals surface area contributed by atoms with Gasteiger partial charge in [0.25, 0.3) is 15.9 Å².